The van der Waals surface area contributed by atoms with Crippen LogP contribution in [0.15, 0.2) is 60.7 Å². The maximum Gasteiger partial charge on any atom is 0.310 e. The molecule has 0 radical (unpaired) electrons. The van der Waals surface area contributed by atoms with Crippen LogP contribution in [0.1, 0.15) is 34.1 Å². The molecule has 0 saturated heterocycles. The van der Waals surface area contributed by atoms with E-state index < -0.39 is 22.7 Å². The summed E-state index contributed by atoms with van der Waals surface area (Å²) >= 11 is 6.07. The first kappa shape index (κ1) is 22.0. The molecule has 0 aromatic heterocycles. The van der Waals surface area contributed by atoms with Gasteiger partial charge in [-0.2, -0.15) is 0 Å². The van der Waals surface area contributed by atoms with Crippen LogP contribution in [0, 0.1) is 10.1 Å². The van der Waals surface area contributed by atoms with Gasteiger partial charge in [0.15, 0.2) is 5.75 Å². The van der Waals surface area contributed by atoms with Crippen LogP contribution in [-0.2, 0) is 4.79 Å². The normalized spacial score (nSPS) is 12.5. The number of imide groups is 1. The van der Waals surface area contributed by atoms with Crippen LogP contribution in [-0.4, -0.2) is 22.7 Å². The lowest BCUT2D eigenvalue weighted by atomic mass is 10.1. The van der Waals surface area contributed by atoms with Gasteiger partial charge in [0, 0.05) is 23.6 Å². The van der Waals surface area contributed by atoms with Gasteiger partial charge >= 0.3 is 5.97 Å². The molecule has 0 aliphatic carbocycles. The second kappa shape index (κ2) is 8.71. The van der Waals surface area contributed by atoms with Crippen LogP contribution in [0.4, 0.5) is 11.4 Å². The Hall–Kier alpha value is -4.24. The van der Waals surface area contributed by atoms with Crippen LogP contribution in [0.3, 0.4) is 0 Å². The molecule has 1 heterocycles. The molecule has 166 valence electrons. The standard InChI is InChI=1S/C23H15ClN2O7/c1-2-21(27)33-20-10-3-13(24)11-19(20)25-22(28)17-9-8-16(12-18(17)23(25)29)32-15-6-4-14(5-7-15)26(30)31/h3-12H,2H2,1H3. The molecule has 0 saturated carbocycles. The molecule has 3 aromatic carbocycles. The first-order valence-electron chi connectivity index (χ1n) is 9.74. The Morgan fingerprint density at radius 1 is 0.970 bits per heavy atom. The number of nitro benzene ring substituents is 1. The number of anilines is 1. The maximum atomic E-state index is 13.1. The van der Waals surface area contributed by atoms with Crippen molar-refractivity contribution >= 4 is 40.8 Å². The zero-order valence-corrected chi connectivity index (χ0v) is 17.9. The summed E-state index contributed by atoms with van der Waals surface area (Å²) in [7, 11) is 0. The van der Waals surface area contributed by atoms with Gasteiger partial charge in [-0.05, 0) is 48.5 Å². The SMILES string of the molecule is CCC(=O)Oc1ccc(Cl)cc1N1C(=O)c2ccc(Oc3ccc([N+](=O)[O-])cc3)cc2C1=O. The van der Waals surface area contributed by atoms with Crippen molar-refractivity contribution in [3.8, 4) is 17.2 Å². The fourth-order valence-electron chi connectivity index (χ4n) is 3.22. The van der Waals surface area contributed by atoms with Crippen molar-refractivity contribution in [1.82, 2.24) is 0 Å². The summed E-state index contributed by atoms with van der Waals surface area (Å²) in [5.74, 6) is -1.17. The first-order valence-corrected chi connectivity index (χ1v) is 10.1. The molecule has 0 spiro atoms. The minimum Gasteiger partial charge on any atom is -0.457 e. The van der Waals surface area contributed by atoms with E-state index in [1.807, 2.05) is 0 Å². The highest BCUT2D eigenvalue weighted by atomic mass is 35.5. The summed E-state index contributed by atoms with van der Waals surface area (Å²) in [6.45, 7) is 1.62. The van der Waals surface area contributed by atoms with Crippen molar-refractivity contribution in [1.29, 1.82) is 0 Å². The van der Waals surface area contributed by atoms with Crippen molar-refractivity contribution in [2.24, 2.45) is 0 Å². The minimum atomic E-state index is -0.639. The molecular formula is C23H15ClN2O7. The van der Waals surface area contributed by atoms with Crippen molar-refractivity contribution in [2.45, 2.75) is 13.3 Å². The smallest absolute Gasteiger partial charge is 0.310 e. The summed E-state index contributed by atoms with van der Waals surface area (Å²) in [6.07, 6.45) is 0.105. The van der Waals surface area contributed by atoms with E-state index >= 15 is 0 Å². The number of ether oxygens (including phenoxy) is 2. The molecular weight excluding hydrogens is 452 g/mol. The number of amides is 2. The van der Waals surface area contributed by atoms with Gasteiger partial charge in [-0.15, -0.1) is 0 Å². The lowest BCUT2D eigenvalue weighted by Crippen LogP contribution is -2.30. The number of esters is 1. The molecule has 0 fully saturated rings. The number of carbonyl (C=O) groups excluding carboxylic acids is 3. The fourth-order valence-corrected chi connectivity index (χ4v) is 3.39. The Bertz CT molecular complexity index is 1300. The second-order valence-electron chi connectivity index (χ2n) is 6.95. The summed E-state index contributed by atoms with van der Waals surface area (Å²) in [6, 6.07) is 14.0. The number of nitrogens with zero attached hydrogens (tertiary/aromatic N) is 2. The van der Waals surface area contributed by atoms with Gasteiger partial charge in [-0.3, -0.25) is 24.5 Å². The third kappa shape index (κ3) is 4.26. The van der Waals surface area contributed by atoms with Crippen LogP contribution >= 0.6 is 11.6 Å². The highest BCUT2D eigenvalue weighted by Gasteiger charge is 2.39. The predicted molar refractivity (Wildman–Crippen MR) is 118 cm³/mol. The Morgan fingerprint density at radius 3 is 2.30 bits per heavy atom. The number of hydrogen-bond acceptors (Lipinski definition) is 7. The molecule has 1 aliphatic rings. The number of halogens is 1. The maximum absolute atomic E-state index is 13.1. The van der Waals surface area contributed by atoms with Gasteiger partial charge in [-0.1, -0.05) is 18.5 Å². The van der Waals surface area contributed by atoms with Crippen molar-refractivity contribution < 1.29 is 28.8 Å². The van der Waals surface area contributed by atoms with E-state index in [-0.39, 0.29) is 45.4 Å². The van der Waals surface area contributed by atoms with E-state index in [9.17, 15) is 24.5 Å². The summed E-state index contributed by atoms with van der Waals surface area (Å²) in [4.78, 5) is 49.1. The minimum absolute atomic E-state index is 0.0307. The molecule has 0 atom stereocenters. The number of benzene rings is 3. The average molecular weight is 467 g/mol. The van der Waals surface area contributed by atoms with E-state index in [1.54, 1.807) is 6.92 Å². The average Bonchev–Trinajstić information content (AvgIpc) is 3.04. The van der Waals surface area contributed by atoms with Gasteiger partial charge < -0.3 is 9.47 Å². The number of non-ortho nitro benzene ring substituents is 1. The van der Waals surface area contributed by atoms with Gasteiger partial charge in [0.25, 0.3) is 17.5 Å². The molecule has 3 aromatic rings. The zero-order chi connectivity index (χ0) is 23.7. The quantitative estimate of drug-likeness (QED) is 0.162. The molecule has 9 nitrogen and oxygen atoms in total. The predicted octanol–water partition coefficient (Wildman–Crippen LogP) is 5.16. The molecule has 33 heavy (non-hydrogen) atoms. The topological polar surface area (TPSA) is 116 Å². The third-order valence-corrected chi connectivity index (χ3v) is 5.05. The zero-order valence-electron chi connectivity index (χ0n) is 17.1. The molecule has 1 aliphatic heterocycles. The van der Waals surface area contributed by atoms with E-state index in [0.717, 1.165) is 4.90 Å². The highest BCUT2D eigenvalue weighted by Crippen LogP contribution is 2.38. The number of carbonyl (C=O) groups is 3. The van der Waals surface area contributed by atoms with Crippen LogP contribution in [0.5, 0.6) is 17.2 Å². The molecule has 0 bridgehead atoms. The fraction of sp³-hybridized carbons (Fsp3) is 0.0870. The lowest BCUT2D eigenvalue weighted by molar-refractivity contribution is -0.384. The van der Waals surface area contributed by atoms with E-state index in [2.05, 4.69) is 0 Å². The second-order valence-corrected chi connectivity index (χ2v) is 7.38. The van der Waals surface area contributed by atoms with Crippen molar-refractivity contribution in [3.05, 3.63) is 86.9 Å². The Morgan fingerprint density at radius 2 is 1.64 bits per heavy atom. The Balaban J connectivity index is 1.65. The summed E-state index contributed by atoms with van der Waals surface area (Å²) in [5.41, 5.74) is 0.193. The van der Waals surface area contributed by atoms with E-state index in [0.29, 0.717) is 5.75 Å². The first-order chi connectivity index (χ1) is 15.8. The highest BCUT2D eigenvalue weighted by molar-refractivity contribution is 6.36. The van der Waals surface area contributed by atoms with E-state index in [4.69, 9.17) is 21.1 Å². The number of fused-ring (bicyclic) bond motifs is 1. The summed E-state index contributed by atoms with van der Waals surface area (Å²) < 4.78 is 10.9. The van der Waals surface area contributed by atoms with Crippen molar-refractivity contribution in [3.63, 3.8) is 0 Å². The monoisotopic (exact) mass is 466 g/mol. The molecule has 2 amide bonds. The van der Waals surface area contributed by atoms with Gasteiger partial charge in [0.1, 0.15) is 11.5 Å². The van der Waals surface area contributed by atoms with Gasteiger partial charge in [0.05, 0.1) is 21.7 Å². The summed E-state index contributed by atoms with van der Waals surface area (Å²) in [5, 5.41) is 11.0. The molecule has 0 N–H and O–H groups in total. The Kier molecular flexibility index (Phi) is 5.80. The third-order valence-electron chi connectivity index (χ3n) is 4.82. The molecule has 0 unspecified atom stereocenters. The van der Waals surface area contributed by atoms with Gasteiger partial charge in [0.2, 0.25) is 0 Å². The largest absolute Gasteiger partial charge is 0.457 e. The number of rotatable bonds is 6. The lowest BCUT2D eigenvalue weighted by Gasteiger charge is -2.18. The van der Waals surface area contributed by atoms with Crippen LogP contribution in [0.25, 0.3) is 0 Å². The van der Waals surface area contributed by atoms with Crippen molar-refractivity contribution in [2.75, 3.05) is 4.90 Å². The van der Waals surface area contributed by atoms with E-state index in [1.165, 1.54) is 60.7 Å². The number of hydrogen-bond donors (Lipinski definition) is 0. The molecule has 10 heteroatoms. The van der Waals surface area contributed by atoms with Crippen LogP contribution < -0.4 is 14.4 Å². The van der Waals surface area contributed by atoms with Gasteiger partial charge in [-0.25, -0.2) is 4.90 Å². The molecule has 4 rings (SSSR count). The van der Waals surface area contributed by atoms with Crippen LogP contribution in [0.2, 0.25) is 5.02 Å². The number of nitro groups is 1. The Labute approximate surface area is 192 Å².